The molecule has 0 saturated carbocycles. The maximum absolute atomic E-state index is 10.6. The van der Waals surface area contributed by atoms with Gasteiger partial charge in [0.15, 0.2) is 11.9 Å². The number of hydrogen-bond acceptors (Lipinski definition) is 3. The molecule has 0 aliphatic carbocycles. The molecule has 74 valence electrons. The first kappa shape index (κ1) is 8.11. The van der Waals surface area contributed by atoms with Crippen LogP contribution in [-0.4, -0.2) is 16.4 Å². The standard InChI is InChI=1S/C11H7NO3/c13-5-6-3-10-11(12-6)8-4-7(14)1-2-9(8)15-10/h1-5,12,14H. The van der Waals surface area contributed by atoms with E-state index in [0.29, 0.717) is 16.9 Å². The van der Waals surface area contributed by atoms with Crippen molar-refractivity contribution in [2.45, 2.75) is 0 Å². The lowest BCUT2D eigenvalue weighted by Gasteiger charge is -1.90. The van der Waals surface area contributed by atoms with Crippen molar-refractivity contribution in [3.8, 4) is 5.75 Å². The number of phenols is 1. The van der Waals surface area contributed by atoms with Crippen molar-refractivity contribution in [2.24, 2.45) is 0 Å². The van der Waals surface area contributed by atoms with Crippen LogP contribution in [-0.2, 0) is 0 Å². The number of rotatable bonds is 1. The number of H-pyrrole nitrogens is 1. The van der Waals surface area contributed by atoms with E-state index in [1.807, 2.05) is 0 Å². The number of phenolic OH excluding ortho intramolecular Hbond substituents is 1. The highest BCUT2D eigenvalue weighted by Crippen LogP contribution is 2.30. The van der Waals surface area contributed by atoms with Crippen molar-refractivity contribution < 1.29 is 14.3 Å². The fourth-order valence-corrected chi connectivity index (χ4v) is 1.72. The third-order valence-electron chi connectivity index (χ3n) is 2.38. The zero-order valence-electron chi connectivity index (χ0n) is 7.65. The molecule has 1 aromatic carbocycles. The molecule has 0 aliphatic rings. The lowest BCUT2D eigenvalue weighted by molar-refractivity contribution is 0.111. The van der Waals surface area contributed by atoms with Gasteiger partial charge in [-0.05, 0) is 18.2 Å². The van der Waals surface area contributed by atoms with Gasteiger partial charge in [0, 0.05) is 11.5 Å². The van der Waals surface area contributed by atoms with E-state index in [1.54, 1.807) is 24.3 Å². The number of aromatic nitrogens is 1. The van der Waals surface area contributed by atoms with Crippen molar-refractivity contribution in [1.29, 1.82) is 0 Å². The molecular weight excluding hydrogens is 194 g/mol. The number of aromatic hydroxyl groups is 1. The molecule has 4 heteroatoms. The second-order valence-corrected chi connectivity index (χ2v) is 3.36. The van der Waals surface area contributed by atoms with Gasteiger partial charge in [-0.3, -0.25) is 4.79 Å². The second-order valence-electron chi connectivity index (χ2n) is 3.36. The van der Waals surface area contributed by atoms with Gasteiger partial charge < -0.3 is 14.5 Å². The van der Waals surface area contributed by atoms with E-state index in [9.17, 15) is 9.90 Å². The number of hydrogen-bond donors (Lipinski definition) is 2. The van der Waals surface area contributed by atoms with E-state index < -0.39 is 0 Å². The third kappa shape index (κ3) is 1.05. The Morgan fingerprint density at radius 3 is 2.93 bits per heavy atom. The molecule has 0 radical (unpaired) electrons. The zero-order chi connectivity index (χ0) is 10.4. The van der Waals surface area contributed by atoms with Gasteiger partial charge in [0.1, 0.15) is 11.3 Å². The van der Waals surface area contributed by atoms with Crippen LogP contribution in [0.2, 0.25) is 0 Å². The lowest BCUT2D eigenvalue weighted by atomic mass is 10.2. The number of nitrogens with one attached hydrogen (secondary N) is 1. The smallest absolute Gasteiger partial charge is 0.166 e. The van der Waals surface area contributed by atoms with Crippen molar-refractivity contribution >= 4 is 28.4 Å². The predicted molar refractivity (Wildman–Crippen MR) is 55.1 cm³/mol. The summed E-state index contributed by atoms with van der Waals surface area (Å²) in [6, 6.07) is 6.50. The number of carbonyl (C=O) groups is 1. The number of aromatic amines is 1. The minimum atomic E-state index is 0.174. The molecule has 0 aliphatic heterocycles. The van der Waals surface area contributed by atoms with Crippen LogP contribution in [0, 0.1) is 0 Å². The highest BCUT2D eigenvalue weighted by molar-refractivity contribution is 6.05. The van der Waals surface area contributed by atoms with Crippen molar-refractivity contribution in [3.63, 3.8) is 0 Å². The molecule has 4 nitrogen and oxygen atoms in total. The van der Waals surface area contributed by atoms with Crippen molar-refractivity contribution in [1.82, 2.24) is 4.98 Å². The summed E-state index contributed by atoms with van der Waals surface area (Å²) in [5.74, 6) is 0.174. The second kappa shape index (κ2) is 2.63. The molecule has 0 spiro atoms. The molecule has 3 aromatic rings. The SMILES string of the molecule is O=Cc1cc2oc3ccc(O)cc3c2[nH]1. The average Bonchev–Trinajstić information content (AvgIpc) is 2.75. The Morgan fingerprint density at radius 1 is 1.27 bits per heavy atom. The molecule has 0 atom stereocenters. The van der Waals surface area contributed by atoms with Crippen molar-refractivity contribution in [2.75, 3.05) is 0 Å². The molecule has 0 bridgehead atoms. The quantitative estimate of drug-likeness (QED) is 0.594. The fraction of sp³-hybridized carbons (Fsp3) is 0. The Balaban J connectivity index is 2.47. The molecule has 0 fully saturated rings. The summed E-state index contributed by atoms with van der Waals surface area (Å²) >= 11 is 0. The number of aldehydes is 1. The van der Waals surface area contributed by atoms with Gasteiger partial charge in [0.05, 0.1) is 11.2 Å². The fourth-order valence-electron chi connectivity index (χ4n) is 1.72. The Bertz CT molecular complexity index is 663. The van der Waals surface area contributed by atoms with Gasteiger partial charge in [0.25, 0.3) is 0 Å². The molecule has 2 aromatic heterocycles. The lowest BCUT2D eigenvalue weighted by Crippen LogP contribution is -1.76. The number of fused-ring (bicyclic) bond motifs is 3. The Labute approximate surface area is 84.1 Å². The number of furan rings is 1. The monoisotopic (exact) mass is 201 g/mol. The molecule has 0 unspecified atom stereocenters. The summed E-state index contributed by atoms with van der Waals surface area (Å²) in [6.45, 7) is 0. The van der Waals surface area contributed by atoms with E-state index in [-0.39, 0.29) is 5.75 Å². The minimum Gasteiger partial charge on any atom is -0.508 e. The van der Waals surface area contributed by atoms with Gasteiger partial charge in [-0.15, -0.1) is 0 Å². The molecule has 0 amide bonds. The summed E-state index contributed by atoms with van der Waals surface area (Å²) in [4.78, 5) is 13.5. The van der Waals surface area contributed by atoms with Crippen LogP contribution in [0.1, 0.15) is 10.5 Å². The van der Waals surface area contributed by atoms with Crippen LogP contribution < -0.4 is 0 Å². The van der Waals surface area contributed by atoms with Gasteiger partial charge in [-0.25, -0.2) is 0 Å². The predicted octanol–water partition coefficient (Wildman–Crippen LogP) is 2.43. The maximum Gasteiger partial charge on any atom is 0.166 e. The van der Waals surface area contributed by atoms with E-state index in [0.717, 1.165) is 17.2 Å². The molecule has 2 N–H and O–H groups in total. The Hall–Kier alpha value is -2.23. The summed E-state index contributed by atoms with van der Waals surface area (Å²) in [5.41, 5.74) is 2.51. The Morgan fingerprint density at radius 2 is 2.13 bits per heavy atom. The van der Waals surface area contributed by atoms with E-state index in [4.69, 9.17) is 4.42 Å². The molecule has 2 heterocycles. The number of benzene rings is 1. The van der Waals surface area contributed by atoms with Crippen LogP contribution in [0.25, 0.3) is 22.1 Å². The van der Waals surface area contributed by atoms with Crippen molar-refractivity contribution in [3.05, 3.63) is 30.0 Å². The first-order valence-corrected chi connectivity index (χ1v) is 4.47. The van der Waals surface area contributed by atoms with Crippen LogP contribution in [0.3, 0.4) is 0 Å². The van der Waals surface area contributed by atoms with E-state index >= 15 is 0 Å². The first-order chi connectivity index (χ1) is 7.28. The van der Waals surface area contributed by atoms with Crippen LogP contribution in [0.5, 0.6) is 5.75 Å². The maximum atomic E-state index is 10.6. The molecule has 3 rings (SSSR count). The average molecular weight is 201 g/mol. The van der Waals surface area contributed by atoms with E-state index in [1.165, 1.54) is 0 Å². The summed E-state index contributed by atoms with van der Waals surface area (Å²) < 4.78 is 5.49. The summed E-state index contributed by atoms with van der Waals surface area (Å²) in [6.07, 6.45) is 0.726. The first-order valence-electron chi connectivity index (χ1n) is 4.47. The minimum absolute atomic E-state index is 0.174. The molecule has 15 heavy (non-hydrogen) atoms. The van der Waals surface area contributed by atoms with Gasteiger partial charge >= 0.3 is 0 Å². The summed E-state index contributed by atoms with van der Waals surface area (Å²) in [7, 11) is 0. The van der Waals surface area contributed by atoms with Gasteiger partial charge in [-0.1, -0.05) is 0 Å². The largest absolute Gasteiger partial charge is 0.508 e. The van der Waals surface area contributed by atoms with Gasteiger partial charge in [-0.2, -0.15) is 0 Å². The topological polar surface area (TPSA) is 66.2 Å². The number of carbonyl (C=O) groups excluding carboxylic acids is 1. The van der Waals surface area contributed by atoms with E-state index in [2.05, 4.69) is 4.98 Å². The summed E-state index contributed by atoms with van der Waals surface area (Å²) in [5, 5.41) is 10.1. The van der Waals surface area contributed by atoms with Crippen LogP contribution >= 0.6 is 0 Å². The Kier molecular flexibility index (Phi) is 1.42. The highest BCUT2D eigenvalue weighted by atomic mass is 16.3. The highest BCUT2D eigenvalue weighted by Gasteiger charge is 2.10. The van der Waals surface area contributed by atoms with Gasteiger partial charge in [0.2, 0.25) is 0 Å². The normalized spacial score (nSPS) is 11.2. The molecule has 0 saturated heterocycles. The third-order valence-corrected chi connectivity index (χ3v) is 2.38. The zero-order valence-corrected chi connectivity index (χ0v) is 7.65. The van der Waals surface area contributed by atoms with Crippen LogP contribution in [0.4, 0.5) is 0 Å². The van der Waals surface area contributed by atoms with Crippen LogP contribution in [0.15, 0.2) is 28.7 Å². The molecular formula is C11H7NO3.